The minimum absolute atomic E-state index is 0.102. The Hall–Kier alpha value is -2.32. The summed E-state index contributed by atoms with van der Waals surface area (Å²) in [4.78, 5) is 16.0. The fraction of sp³-hybridized carbons (Fsp3) is 0.619. The molecule has 29 heavy (non-hydrogen) atoms. The molecule has 1 aliphatic heterocycles. The molecule has 0 saturated carbocycles. The van der Waals surface area contributed by atoms with Crippen LogP contribution in [0.15, 0.2) is 29.3 Å². The van der Waals surface area contributed by atoms with Crippen LogP contribution >= 0.6 is 0 Å². The number of benzene rings is 1. The van der Waals surface area contributed by atoms with Gasteiger partial charge < -0.3 is 30.7 Å². The SMILES string of the molecule is CN=C(NCCCOCC1CCCO1)NCc1ccc(NC(=O)NC(C)C)cc1. The molecule has 2 amide bonds. The lowest BCUT2D eigenvalue weighted by molar-refractivity contribution is 0.0168. The first kappa shape index (κ1) is 23.0. The molecule has 1 saturated heterocycles. The van der Waals surface area contributed by atoms with Gasteiger partial charge in [0.15, 0.2) is 5.96 Å². The fourth-order valence-electron chi connectivity index (χ4n) is 2.91. The largest absolute Gasteiger partial charge is 0.379 e. The Morgan fingerprint density at radius 3 is 2.72 bits per heavy atom. The highest BCUT2D eigenvalue weighted by molar-refractivity contribution is 5.89. The van der Waals surface area contributed by atoms with Gasteiger partial charge in [-0.05, 0) is 50.8 Å². The van der Waals surface area contributed by atoms with Gasteiger partial charge in [-0.3, -0.25) is 4.99 Å². The summed E-state index contributed by atoms with van der Waals surface area (Å²) in [5.41, 5.74) is 1.86. The van der Waals surface area contributed by atoms with Crippen LogP contribution in [-0.2, 0) is 16.0 Å². The molecule has 1 aromatic carbocycles. The second-order valence-corrected chi connectivity index (χ2v) is 7.37. The smallest absolute Gasteiger partial charge is 0.319 e. The van der Waals surface area contributed by atoms with Gasteiger partial charge in [0.25, 0.3) is 0 Å². The molecule has 0 bridgehead atoms. The summed E-state index contributed by atoms with van der Waals surface area (Å²) < 4.78 is 11.2. The molecule has 1 heterocycles. The van der Waals surface area contributed by atoms with Gasteiger partial charge in [-0.25, -0.2) is 4.79 Å². The van der Waals surface area contributed by atoms with Crippen molar-refractivity contribution in [3.05, 3.63) is 29.8 Å². The van der Waals surface area contributed by atoms with Crippen LogP contribution in [0.5, 0.6) is 0 Å². The number of carbonyl (C=O) groups excluding carboxylic acids is 1. The van der Waals surface area contributed by atoms with Crippen molar-refractivity contribution < 1.29 is 14.3 Å². The molecule has 0 aliphatic carbocycles. The number of hydrogen-bond donors (Lipinski definition) is 4. The summed E-state index contributed by atoms with van der Waals surface area (Å²) >= 11 is 0. The molecule has 1 unspecified atom stereocenters. The second-order valence-electron chi connectivity index (χ2n) is 7.37. The number of nitrogens with zero attached hydrogens (tertiary/aromatic N) is 1. The zero-order valence-corrected chi connectivity index (χ0v) is 17.8. The first-order valence-electron chi connectivity index (χ1n) is 10.4. The van der Waals surface area contributed by atoms with E-state index in [0.717, 1.165) is 49.6 Å². The van der Waals surface area contributed by atoms with Crippen molar-refractivity contribution in [2.45, 2.75) is 51.8 Å². The van der Waals surface area contributed by atoms with Crippen LogP contribution in [0.1, 0.15) is 38.7 Å². The van der Waals surface area contributed by atoms with E-state index in [1.165, 1.54) is 0 Å². The highest BCUT2D eigenvalue weighted by Gasteiger charge is 2.14. The number of anilines is 1. The Kier molecular flexibility index (Phi) is 10.3. The maximum absolute atomic E-state index is 11.7. The average molecular weight is 406 g/mol. The minimum atomic E-state index is -0.199. The van der Waals surface area contributed by atoms with E-state index < -0.39 is 0 Å². The van der Waals surface area contributed by atoms with Gasteiger partial charge in [0.05, 0.1) is 12.7 Å². The fourth-order valence-corrected chi connectivity index (χ4v) is 2.91. The summed E-state index contributed by atoms with van der Waals surface area (Å²) in [6, 6.07) is 7.63. The monoisotopic (exact) mass is 405 g/mol. The van der Waals surface area contributed by atoms with Crippen LogP contribution in [0.25, 0.3) is 0 Å². The van der Waals surface area contributed by atoms with Crippen LogP contribution in [0.2, 0.25) is 0 Å². The maximum atomic E-state index is 11.7. The molecule has 4 N–H and O–H groups in total. The molecule has 8 heteroatoms. The van der Waals surface area contributed by atoms with Crippen molar-refractivity contribution in [1.29, 1.82) is 0 Å². The van der Waals surface area contributed by atoms with E-state index in [1.54, 1.807) is 7.05 Å². The van der Waals surface area contributed by atoms with Gasteiger partial charge in [-0.2, -0.15) is 0 Å². The van der Waals surface area contributed by atoms with Crippen molar-refractivity contribution in [2.75, 3.05) is 38.7 Å². The zero-order valence-electron chi connectivity index (χ0n) is 17.8. The summed E-state index contributed by atoms with van der Waals surface area (Å²) in [6.45, 7) is 7.55. The van der Waals surface area contributed by atoms with Crippen LogP contribution in [0, 0.1) is 0 Å². The van der Waals surface area contributed by atoms with Crippen LogP contribution in [0.3, 0.4) is 0 Å². The second kappa shape index (κ2) is 13.0. The molecular weight excluding hydrogens is 370 g/mol. The first-order chi connectivity index (χ1) is 14.1. The van der Waals surface area contributed by atoms with Gasteiger partial charge in [0, 0.05) is 45.1 Å². The van der Waals surface area contributed by atoms with E-state index in [0.29, 0.717) is 19.8 Å². The lowest BCUT2D eigenvalue weighted by Gasteiger charge is -2.13. The van der Waals surface area contributed by atoms with Gasteiger partial charge >= 0.3 is 6.03 Å². The highest BCUT2D eigenvalue weighted by atomic mass is 16.5. The number of rotatable bonds is 10. The lowest BCUT2D eigenvalue weighted by atomic mass is 10.2. The molecule has 0 aromatic heterocycles. The van der Waals surface area contributed by atoms with Crippen LogP contribution in [0.4, 0.5) is 10.5 Å². The van der Waals surface area contributed by atoms with Crippen molar-refractivity contribution in [3.8, 4) is 0 Å². The van der Waals surface area contributed by atoms with Gasteiger partial charge in [-0.15, -0.1) is 0 Å². The third kappa shape index (κ3) is 9.62. The molecule has 162 valence electrons. The third-order valence-electron chi connectivity index (χ3n) is 4.40. The summed E-state index contributed by atoms with van der Waals surface area (Å²) in [5.74, 6) is 0.752. The highest BCUT2D eigenvalue weighted by Crippen LogP contribution is 2.12. The third-order valence-corrected chi connectivity index (χ3v) is 4.40. The van der Waals surface area contributed by atoms with Crippen molar-refractivity contribution in [1.82, 2.24) is 16.0 Å². The molecule has 8 nitrogen and oxygen atoms in total. The molecule has 1 aliphatic rings. The Morgan fingerprint density at radius 1 is 1.28 bits per heavy atom. The number of ether oxygens (including phenoxy) is 2. The molecule has 1 aromatic rings. The van der Waals surface area contributed by atoms with E-state index in [9.17, 15) is 4.79 Å². The molecule has 1 fully saturated rings. The molecule has 0 spiro atoms. The summed E-state index contributed by atoms with van der Waals surface area (Å²) in [7, 11) is 1.75. The molecular formula is C21H35N5O3. The van der Waals surface area contributed by atoms with Gasteiger partial charge in [0.2, 0.25) is 0 Å². The van der Waals surface area contributed by atoms with E-state index in [2.05, 4.69) is 26.3 Å². The van der Waals surface area contributed by atoms with Crippen molar-refractivity contribution in [2.24, 2.45) is 4.99 Å². The Morgan fingerprint density at radius 2 is 2.07 bits per heavy atom. The quantitative estimate of drug-likeness (QED) is 0.272. The van der Waals surface area contributed by atoms with Crippen LogP contribution in [-0.4, -0.2) is 57.5 Å². The molecule has 0 radical (unpaired) electrons. The number of carbonyl (C=O) groups is 1. The molecule has 1 atom stereocenters. The summed E-state index contributed by atoms with van der Waals surface area (Å²) in [5, 5.41) is 12.2. The van der Waals surface area contributed by atoms with Crippen molar-refractivity contribution in [3.63, 3.8) is 0 Å². The number of guanidine groups is 1. The number of aliphatic imine (C=N–C) groups is 1. The van der Waals surface area contributed by atoms with E-state index >= 15 is 0 Å². The standard InChI is InChI=1S/C21H35N5O3/c1-16(2)25-21(27)26-18-9-7-17(8-10-18)14-24-20(22-3)23-11-5-12-28-15-19-6-4-13-29-19/h7-10,16,19H,4-6,11-15H2,1-3H3,(H2,22,23,24)(H2,25,26,27). The number of hydrogen-bond acceptors (Lipinski definition) is 4. The Balaban J connectivity index is 1.59. The maximum Gasteiger partial charge on any atom is 0.319 e. The number of amides is 2. The van der Waals surface area contributed by atoms with Crippen molar-refractivity contribution >= 4 is 17.7 Å². The van der Waals surface area contributed by atoms with Crippen LogP contribution < -0.4 is 21.3 Å². The van der Waals surface area contributed by atoms with Gasteiger partial charge in [-0.1, -0.05) is 12.1 Å². The van der Waals surface area contributed by atoms with Gasteiger partial charge in [0.1, 0.15) is 0 Å². The average Bonchev–Trinajstić information content (AvgIpc) is 3.21. The topological polar surface area (TPSA) is 96.0 Å². The van der Waals surface area contributed by atoms with E-state index in [-0.39, 0.29) is 18.2 Å². The number of urea groups is 1. The Labute approximate surface area is 173 Å². The van der Waals surface area contributed by atoms with E-state index in [4.69, 9.17) is 9.47 Å². The van der Waals surface area contributed by atoms with E-state index in [1.807, 2.05) is 38.1 Å². The number of nitrogens with one attached hydrogen (secondary N) is 4. The normalized spacial score (nSPS) is 16.7. The minimum Gasteiger partial charge on any atom is -0.379 e. The molecule has 2 rings (SSSR count). The predicted octanol–water partition coefficient (Wildman–Crippen LogP) is 2.47. The summed E-state index contributed by atoms with van der Waals surface area (Å²) in [6.07, 6.45) is 3.44. The lowest BCUT2D eigenvalue weighted by Crippen LogP contribution is -2.37. The Bertz CT molecular complexity index is 628. The zero-order chi connectivity index (χ0) is 20.9. The predicted molar refractivity (Wildman–Crippen MR) is 116 cm³/mol. The first-order valence-corrected chi connectivity index (χ1v) is 10.4.